The van der Waals surface area contributed by atoms with Gasteiger partial charge in [-0.05, 0) is 31.0 Å². The zero-order valence-electron chi connectivity index (χ0n) is 12.9. The second-order valence-corrected chi connectivity index (χ2v) is 5.93. The lowest BCUT2D eigenvalue weighted by Gasteiger charge is -2.23. The molecule has 1 unspecified atom stereocenters. The fourth-order valence-electron chi connectivity index (χ4n) is 2.54. The summed E-state index contributed by atoms with van der Waals surface area (Å²) in [6.07, 6.45) is 5.59. The van der Waals surface area contributed by atoms with Crippen LogP contribution >= 0.6 is 0 Å². The molecule has 2 heterocycles. The van der Waals surface area contributed by atoms with Crippen LogP contribution in [0.4, 0.5) is 9.18 Å². The Morgan fingerprint density at radius 3 is 3.04 bits per heavy atom. The van der Waals surface area contributed by atoms with Gasteiger partial charge in [-0.25, -0.2) is 14.2 Å². The summed E-state index contributed by atoms with van der Waals surface area (Å²) in [5, 5.41) is 5.63. The van der Waals surface area contributed by atoms with Crippen LogP contribution in [0.5, 0.6) is 0 Å². The molecule has 0 saturated carbocycles. The number of benzene rings is 1. The molecule has 1 fully saturated rings. The molecule has 2 amide bonds. The second-order valence-electron chi connectivity index (χ2n) is 5.93. The SMILES string of the molecule is CC1(NC(=O)NCc2ccc(-n3ccnc3)c(F)c2)CCOC1. The van der Waals surface area contributed by atoms with Gasteiger partial charge in [-0.1, -0.05) is 6.07 Å². The lowest BCUT2D eigenvalue weighted by molar-refractivity contribution is 0.170. The summed E-state index contributed by atoms with van der Waals surface area (Å²) in [6, 6.07) is 4.57. The number of hydrogen-bond donors (Lipinski definition) is 2. The Hall–Kier alpha value is -2.41. The summed E-state index contributed by atoms with van der Waals surface area (Å²) in [5.41, 5.74) is 0.779. The van der Waals surface area contributed by atoms with E-state index in [1.165, 1.54) is 12.4 Å². The molecule has 0 spiro atoms. The Labute approximate surface area is 133 Å². The van der Waals surface area contributed by atoms with E-state index < -0.39 is 0 Å². The highest BCUT2D eigenvalue weighted by molar-refractivity contribution is 5.74. The van der Waals surface area contributed by atoms with Gasteiger partial charge in [-0.2, -0.15) is 0 Å². The summed E-state index contributed by atoms with van der Waals surface area (Å²) in [5.74, 6) is -0.362. The molecule has 0 bridgehead atoms. The van der Waals surface area contributed by atoms with Gasteiger partial charge in [0, 0.05) is 25.5 Å². The van der Waals surface area contributed by atoms with E-state index in [4.69, 9.17) is 4.74 Å². The first kappa shape index (κ1) is 15.5. The van der Waals surface area contributed by atoms with E-state index in [9.17, 15) is 9.18 Å². The number of ether oxygens (including phenoxy) is 1. The largest absolute Gasteiger partial charge is 0.379 e. The van der Waals surface area contributed by atoms with Gasteiger partial charge in [-0.3, -0.25) is 0 Å². The maximum atomic E-state index is 14.1. The average molecular weight is 318 g/mol. The Kier molecular flexibility index (Phi) is 4.29. The number of carbonyl (C=O) groups excluding carboxylic acids is 1. The summed E-state index contributed by atoms with van der Waals surface area (Å²) >= 11 is 0. The van der Waals surface area contributed by atoms with Crippen LogP contribution in [0.3, 0.4) is 0 Å². The fourth-order valence-corrected chi connectivity index (χ4v) is 2.54. The van der Waals surface area contributed by atoms with Crippen molar-refractivity contribution in [1.82, 2.24) is 20.2 Å². The Morgan fingerprint density at radius 1 is 1.52 bits per heavy atom. The van der Waals surface area contributed by atoms with E-state index in [0.29, 0.717) is 24.5 Å². The molecule has 0 aliphatic carbocycles. The van der Waals surface area contributed by atoms with Gasteiger partial charge in [0.25, 0.3) is 0 Å². The number of halogens is 1. The van der Waals surface area contributed by atoms with Crippen LogP contribution in [0.15, 0.2) is 36.9 Å². The van der Waals surface area contributed by atoms with E-state index in [2.05, 4.69) is 15.6 Å². The van der Waals surface area contributed by atoms with Gasteiger partial charge < -0.3 is 19.9 Å². The molecular weight excluding hydrogens is 299 g/mol. The minimum Gasteiger partial charge on any atom is -0.379 e. The molecule has 7 heteroatoms. The third-order valence-electron chi connectivity index (χ3n) is 3.88. The first-order valence-corrected chi connectivity index (χ1v) is 7.46. The van der Waals surface area contributed by atoms with E-state index in [0.717, 1.165) is 6.42 Å². The molecule has 1 atom stereocenters. The third-order valence-corrected chi connectivity index (χ3v) is 3.88. The number of hydrogen-bond acceptors (Lipinski definition) is 3. The monoisotopic (exact) mass is 318 g/mol. The van der Waals surface area contributed by atoms with Crippen LogP contribution in [0, 0.1) is 5.82 Å². The average Bonchev–Trinajstić information content (AvgIpc) is 3.17. The van der Waals surface area contributed by atoms with Crippen LogP contribution in [0.1, 0.15) is 18.9 Å². The van der Waals surface area contributed by atoms with Crippen molar-refractivity contribution in [2.45, 2.75) is 25.4 Å². The van der Waals surface area contributed by atoms with Crippen molar-refractivity contribution in [3.8, 4) is 5.69 Å². The molecule has 6 nitrogen and oxygen atoms in total. The number of aromatic nitrogens is 2. The van der Waals surface area contributed by atoms with Crippen LogP contribution in [-0.2, 0) is 11.3 Å². The van der Waals surface area contributed by atoms with Crippen molar-refractivity contribution in [1.29, 1.82) is 0 Å². The molecule has 23 heavy (non-hydrogen) atoms. The maximum absolute atomic E-state index is 14.1. The van der Waals surface area contributed by atoms with Gasteiger partial charge in [0.15, 0.2) is 0 Å². The number of urea groups is 1. The molecule has 1 aliphatic rings. The minimum absolute atomic E-state index is 0.254. The second kappa shape index (κ2) is 6.37. The Balaban J connectivity index is 1.58. The normalized spacial score (nSPS) is 20.4. The number of imidazole rings is 1. The number of carbonyl (C=O) groups is 1. The van der Waals surface area contributed by atoms with Gasteiger partial charge in [0.05, 0.1) is 24.2 Å². The van der Waals surface area contributed by atoms with Crippen molar-refractivity contribution in [3.63, 3.8) is 0 Å². The van der Waals surface area contributed by atoms with Gasteiger partial charge in [0.1, 0.15) is 5.82 Å². The first-order valence-electron chi connectivity index (χ1n) is 7.46. The first-order chi connectivity index (χ1) is 11.1. The summed E-state index contributed by atoms with van der Waals surface area (Å²) in [4.78, 5) is 15.8. The van der Waals surface area contributed by atoms with Crippen molar-refractivity contribution < 1.29 is 13.9 Å². The van der Waals surface area contributed by atoms with Crippen LogP contribution in [0.2, 0.25) is 0 Å². The van der Waals surface area contributed by atoms with Gasteiger partial charge in [0.2, 0.25) is 0 Å². The van der Waals surface area contributed by atoms with E-state index in [1.54, 1.807) is 29.1 Å². The highest BCUT2D eigenvalue weighted by atomic mass is 19.1. The number of nitrogens with one attached hydrogen (secondary N) is 2. The Bertz CT molecular complexity index is 681. The highest BCUT2D eigenvalue weighted by Gasteiger charge is 2.31. The maximum Gasteiger partial charge on any atom is 0.315 e. The number of rotatable bonds is 4. The summed E-state index contributed by atoms with van der Waals surface area (Å²) < 4.78 is 21.0. The van der Waals surface area contributed by atoms with E-state index >= 15 is 0 Å². The van der Waals surface area contributed by atoms with Crippen molar-refractivity contribution >= 4 is 6.03 Å². The van der Waals surface area contributed by atoms with Crippen molar-refractivity contribution in [3.05, 3.63) is 48.3 Å². The zero-order chi connectivity index (χ0) is 16.3. The topological polar surface area (TPSA) is 68.2 Å². The van der Waals surface area contributed by atoms with Crippen molar-refractivity contribution in [2.24, 2.45) is 0 Å². The number of amides is 2. The van der Waals surface area contributed by atoms with Crippen LogP contribution in [0.25, 0.3) is 5.69 Å². The molecule has 122 valence electrons. The summed E-state index contributed by atoms with van der Waals surface area (Å²) in [6.45, 7) is 3.36. The molecule has 1 aliphatic heterocycles. The standard InChI is InChI=1S/C16H19FN4O2/c1-16(4-7-23-10-16)20-15(22)19-9-12-2-3-14(13(17)8-12)21-6-5-18-11-21/h2-3,5-6,8,11H,4,7,9-10H2,1H3,(H2,19,20,22). The van der Waals surface area contributed by atoms with Gasteiger partial charge in [-0.15, -0.1) is 0 Å². The van der Waals surface area contributed by atoms with Crippen LogP contribution < -0.4 is 10.6 Å². The zero-order valence-corrected chi connectivity index (χ0v) is 12.9. The summed E-state index contributed by atoms with van der Waals surface area (Å²) in [7, 11) is 0. The molecule has 2 aromatic rings. The third kappa shape index (κ3) is 3.68. The van der Waals surface area contributed by atoms with E-state index in [-0.39, 0.29) is 23.9 Å². The highest BCUT2D eigenvalue weighted by Crippen LogP contribution is 2.17. The Morgan fingerprint density at radius 2 is 2.39 bits per heavy atom. The lowest BCUT2D eigenvalue weighted by Crippen LogP contribution is -2.50. The smallest absolute Gasteiger partial charge is 0.315 e. The molecule has 1 aromatic heterocycles. The molecule has 1 aromatic carbocycles. The molecule has 0 radical (unpaired) electrons. The molecule has 3 rings (SSSR count). The molecule has 2 N–H and O–H groups in total. The predicted molar refractivity (Wildman–Crippen MR) is 82.7 cm³/mol. The quantitative estimate of drug-likeness (QED) is 0.906. The van der Waals surface area contributed by atoms with Gasteiger partial charge >= 0.3 is 6.03 Å². The number of nitrogens with zero attached hydrogens (tertiary/aromatic N) is 2. The van der Waals surface area contributed by atoms with E-state index in [1.807, 2.05) is 6.92 Å². The fraction of sp³-hybridized carbons (Fsp3) is 0.375. The minimum atomic E-state index is -0.362. The molecular formula is C16H19FN4O2. The lowest BCUT2D eigenvalue weighted by atomic mass is 10.0. The van der Waals surface area contributed by atoms with Crippen LogP contribution in [-0.4, -0.2) is 34.3 Å². The predicted octanol–water partition coefficient (Wildman–Crippen LogP) is 1.99. The molecule has 1 saturated heterocycles. The van der Waals surface area contributed by atoms with Crippen molar-refractivity contribution in [2.75, 3.05) is 13.2 Å².